The monoisotopic (exact) mass is 424 g/mol. The fourth-order valence-corrected chi connectivity index (χ4v) is 3.85. The van der Waals surface area contributed by atoms with Crippen LogP contribution in [0.1, 0.15) is 37.1 Å². The first kappa shape index (κ1) is 21.9. The van der Waals surface area contributed by atoms with Crippen LogP contribution in [0.15, 0.2) is 42.5 Å². The van der Waals surface area contributed by atoms with Gasteiger partial charge in [0.05, 0.1) is 6.54 Å². The number of rotatable bonds is 9. The van der Waals surface area contributed by atoms with Crippen LogP contribution in [0.3, 0.4) is 0 Å². The Balaban J connectivity index is 1.43. The fourth-order valence-electron chi connectivity index (χ4n) is 3.02. The highest BCUT2D eigenvalue weighted by Crippen LogP contribution is 2.16. The van der Waals surface area contributed by atoms with Gasteiger partial charge in [-0.3, -0.25) is 9.69 Å². The Hall–Kier alpha value is -2.77. The fraction of sp³-hybridized carbons (Fsp3) is 0.348. The summed E-state index contributed by atoms with van der Waals surface area (Å²) in [5.41, 5.74) is 4.64. The minimum Gasteiger partial charge on any atom is -0.492 e. The molecule has 0 unspecified atom stereocenters. The number of amides is 1. The number of likely N-dealkylation sites (N-methyl/N-ethyl adjacent to an activating group) is 1. The van der Waals surface area contributed by atoms with E-state index in [2.05, 4.69) is 40.3 Å². The molecule has 0 saturated heterocycles. The molecule has 0 bridgehead atoms. The molecule has 0 saturated carbocycles. The number of hydrogen-bond acceptors (Lipinski definition) is 6. The molecule has 6 nitrogen and oxygen atoms in total. The summed E-state index contributed by atoms with van der Waals surface area (Å²) in [5.74, 6) is 0.699. The zero-order chi connectivity index (χ0) is 21.5. The largest absolute Gasteiger partial charge is 0.492 e. The minimum absolute atomic E-state index is 0.194. The number of nitrogens with one attached hydrogen (secondary N) is 1. The molecule has 1 heterocycles. The van der Waals surface area contributed by atoms with E-state index in [1.165, 1.54) is 28.0 Å². The van der Waals surface area contributed by atoms with Crippen LogP contribution in [0, 0.1) is 20.8 Å². The average Bonchev–Trinajstić information content (AvgIpc) is 3.15. The molecule has 2 aromatic carbocycles. The highest BCUT2D eigenvalue weighted by Gasteiger charge is 2.14. The van der Waals surface area contributed by atoms with Crippen molar-refractivity contribution >= 4 is 17.2 Å². The van der Waals surface area contributed by atoms with Gasteiger partial charge < -0.3 is 10.1 Å². The van der Waals surface area contributed by atoms with Crippen molar-refractivity contribution in [3.8, 4) is 5.75 Å². The van der Waals surface area contributed by atoms with E-state index in [9.17, 15) is 4.79 Å². The van der Waals surface area contributed by atoms with Crippen LogP contribution in [0.4, 0.5) is 0 Å². The normalized spacial score (nSPS) is 11.0. The van der Waals surface area contributed by atoms with Crippen molar-refractivity contribution in [2.75, 3.05) is 20.2 Å². The van der Waals surface area contributed by atoms with Crippen molar-refractivity contribution in [3.05, 3.63) is 74.7 Å². The zero-order valence-corrected chi connectivity index (χ0v) is 18.8. The molecule has 0 atom stereocenters. The van der Waals surface area contributed by atoms with Crippen LogP contribution in [0.5, 0.6) is 5.75 Å². The standard InChI is InChI=1S/C23H28N4O2S/c1-16-5-7-19(8-6-16)14-24-22(28)23-26-25-21(30-23)15-27(4)9-10-29-20-12-17(2)11-18(3)13-20/h5-8,11-13H,9-10,14-15H2,1-4H3,(H,24,28). The number of carbonyl (C=O) groups excluding carboxylic acids is 1. The van der Waals surface area contributed by atoms with E-state index in [0.717, 1.165) is 22.9 Å². The topological polar surface area (TPSA) is 67.4 Å². The van der Waals surface area contributed by atoms with Gasteiger partial charge in [0.1, 0.15) is 17.4 Å². The smallest absolute Gasteiger partial charge is 0.282 e. The van der Waals surface area contributed by atoms with Gasteiger partial charge in [0.25, 0.3) is 5.91 Å². The molecule has 1 amide bonds. The summed E-state index contributed by atoms with van der Waals surface area (Å²) in [6.45, 7) is 8.61. The van der Waals surface area contributed by atoms with E-state index >= 15 is 0 Å². The van der Waals surface area contributed by atoms with Gasteiger partial charge in [-0.05, 0) is 56.6 Å². The Labute approximate surface area is 181 Å². The van der Waals surface area contributed by atoms with Gasteiger partial charge in [0.15, 0.2) is 0 Å². The molecule has 0 radical (unpaired) electrons. The number of carbonyl (C=O) groups is 1. The third kappa shape index (κ3) is 6.64. The van der Waals surface area contributed by atoms with E-state index in [0.29, 0.717) is 24.7 Å². The lowest BCUT2D eigenvalue weighted by molar-refractivity contribution is 0.0950. The number of ether oxygens (including phenoxy) is 1. The van der Waals surface area contributed by atoms with E-state index in [-0.39, 0.29) is 5.91 Å². The maximum absolute atomic E-state index is 12.3. The van der Waals surface area contributed by atoms with Gasteiger partial charge in [-0.2, -0.15) is 0 Å². The van der Waals surface area contributed by atoms with Crippen molar-refractivity contribution < 1.29 is 9.53 Å². The maximum atomic E-state index is 12.3. The van der Waals surface area contributed by atoms with E-state index in [4.69, 9.17) is 4.74 Å². The Bertz CT molecular complexity index is 965. The summed E-state index contributed by atoms with van der Waals surface area (Å²) in [7, 11) is 2.00. The minimum atomic E-state index is -0.194. The molecular weight excluding hydrogens is 396 g/mol. The zero-order valence-electron chi connectivity index (χ0n) is 17.9. The summed E-state index contributed by atoms with van der Waals surface area (Å²) < 4.78 is 5.86. The number of benzene rings is 2. The summed E-state index contributed by atoms with van der Waals surface area (Å²) in [5, 5.41) is 12.3. The second-order valence-electron chi connectivity index (χ2n) is 7.58. The lowest BCUT2D eigenvalue weighted by Crippen LogP contribution is -2.23. The summed E-state index contributed by atoms with van der Waals surface area (Å²) in [4.78, 5) is 14.4. The van der Waals surface area contributed by atoms with Crippen LogP contribution in [0.2, 0.25) is 0 Å². The van der Waals surface area contributed by atoms with E-state index in [1.807, 2.05) is 50.4 Å². The van der Waals surface area contributed by atoms with Crippen molar-refractivity contribution in [1.82, 2.24) is 20.4 Å². The summed E-state index contributed by atoms with van der Waals surface area (Å²) in [6.07, 6.45) is 0. The molecule has 0 aliphatic rings. The first-order valence-corrected chi connectivity index (χ1v) is 10.8. The van der Waals surface area contributed by atoms with Crippen LogP contribution in [-0.2, 0) is 13.1 Å². The van der Waals surface area contributed by atoms with Crippen molar-refractivity contribution in [3.63, 3.8) is 0 Å². The summed E-state index contributed by atoms with van der Waals surface area (Å²) in [6, 6.07) is 14.3. The number of aryl methyl sites for hydroxylation is 3. The van der Waals surface area contributed by atoms with Crippen LogP contribution >= 0.6 is 11.3 Å². The molecule has 3 aromatic rings. The molecule has 0 fully saturated rings. The van der Waals surface area contributed by atoms with Gasteiger partial charge in [0.2, 0.25) is 5.01 Å². The maximum Gasteiger partial charge on any atom is 0.282 e. The third-order valence-electron chi connectivity index (χ3n) is 4.58. The highest BCUT2D eigenvalue weighted by molar-refractivity contribution is 7.13. The van der Waals surface area contributed by atoms with Crippen molar-refractivity contribution in [2.45, 2.75) is 33.9 Å². The van der Waals surface area contributed by atoms with Crippen LogP contribution < -0.4 is 10.1 Å². The van der Waals surface area contributed by atoms with Gasteiger partial charge in [0, 0.05) is 13.1 Å². The molecule has 7 heteroatoms. The molecule has 0 spiro atoms. The molecular formula is C23H28N4O2S. The predicted molar refractivity (Wildman–Crippen MR) is 120 cm³/mol. The van der Waals surface area contributed by atoms with Crippen LogP contribution in [0.25, 0.3) is 0 Å². The lowest BCUT2D eigenvalue weighted by Gasteiger charge is -2.15. The van der Waals surface area contributed by atoms with Gasteiger partial charge in [-0.15, -0.1) is 10.2 Å². The first-order chi connectivity index (χ1) is 14.4. The highest BCUT2D eigenvalue weighted by atomic mass is 32.1. The second kappa shape index (κ2) is 10.3. The third-order valence-corrected chi connectivity index (χ3v) is 5.48. The lowest BCUT2D eigenvalue weighted by atomic mass is 10.1. The molecule has 0 aliphatic heterocycles. The Morgan fingerprint density at radius 2 is 1.73 bits per heavy atom. The quantitative estimate of drug-likeness (QED) is 0.564. The van der Waals surface area contributed by atoms with Gasteiger partial charge >= 0.3 is 0 Å². The number of aromatic nitrogens is 2. The van der Waals surface area contributed by atoms with Crippen molar-refractivity contribution in [2.24, 2.45) is 0 Å². The summed E-state index contributed by atoms with van der Waals surface area (Å²) >= 11 is 1.32. The molecule has 0 aliphatic carbocycles. The molecule has 1 aromatic heterocycles. The molecule has 3 rings (SSSR count). The average molecular weight is 425 g/mol. The molecule has 30 heavy (non-hydrogen) atoms. The second-order valence-corrected chi connectivity index (χ2v) is 8.64. The van der Waals surface area contributed by atoms with E-state index in [1.54, 1.807) is 0 Å². The molecule has 1 N–H and O–H groups in total. The SMILES string of the molecule is Cc1ccc(CNC(=O)c2nnc(CN(C)CCOc3cc(C)cc(C)c3)s2)cc1. The van der Waals surface area contributed by atoms with E-state index < -0.39 is 0 Å². The van der Waals surface area contributed by atoms with Gasteiger partial charge in [-0.25, -0.2) is 0 Å². The first-order valence-electron chi connectivity index (χ1n) is 9.95. The number of hydrogen-bond donors (Lipinski definition) is 1. The Morgan fingerprint density at radius 1 is 1.03 bits per heavy atom. The van der Waals surface area contributed by atoms with Gasteiger partial charge in [-0.1, -0.05) is 47.2 Å². The predicted octanol–water partition coefficient (Wildman–Crippen LogP) is 3.90. The van der Waals surface area contributed by atoms with Crippen LogP contribution in [-0.4, -0.2) is 41.2 Å². The number of nitrogens with zero attached hydrogens (tertiary/aromatic N) is 3. The Morgan fingerprint density at radius 3 is 2.43 bits per heavy atom. The Kier molecular flexibility index (Phi) is 7.54. The van der Waals surface area contributed by atoms with Crippen molar-refractivity contribution in [1.29, 1.82) is 0 Å². The molecule has 158 valence electrons.